The monoisotopic (exact) mass is 448 g/mol. The minimum atomic E-state index is -4.41. The number of nitrogens with zero attached hydrogens (tertiary/aromatic N) is 1. The molecule has 2 aromatic rings. The van der Waals surface area contributed by atoms with E-state index in [9.17, 15) is 18.0 Å². The van der Waals surface area contributed by atoms with Crippen molar-refractivity contribution in [2.45, 2.75) is 33.0 Å². The maximum absolute atomic E-state index is 13.0. The molecule has 174 valence electrons. The molecule has 1 amide bonds. The van der Waals surface area contributed by atoms with Crippen LogP contribution in [-0.2, 0) is 17.5 Å². The molecule has 7 heteroatoms. The van der Waals surface area contributed by atoms with Crippen molar-refractivity contribution in [1.82, 2.24) is 10.2 Å². The van der Waals surface area contributed by atoms with Crippen LogP contribution in [0.1, 0.15) is 31.4 Å². The van der Waals surface area contributed by atoms with Crippen LogP contribution in [0.4, 0.5) is 13.2 Å². The summed E-state index contributed by atoms with van der Waals surface area (Å²) in [5.74, 6) is 0.447. The van der Waals surface area contributed by atoms with Crippen molar-refractivity contribution in [2.75, 3.05) is 26.2 Å². The first-order chi connectivity index (χ1) is 15.2. The van der Waals surface area contributed by atoms with E-state index in [4.69, 9.17) is 4.74 Å². The highest BCUT2D eigenvalue weighted by Gasteiger charge is 2.33. The van der Waals surface area contributed by atoms with Gasteiger partial charge in [0.2, 0.25) is 5.91 Å². The van der Waals surface area contributed by atoms with Crippen molar-refractivity contribution < 1.29 is 22.7 Å². The lowest BCUT2D eigenvalue weighted by Crippen LogP contribution is -2.47. The van der Waals surface area contributed by atoms with Crippen molar-refractivity contribution >= 4 is 5.91 Å². The van der Waals surface area contributed by atoms with E-state index >= 15 is 0 Å². The van der Waals surface area contributed by atoms with Crippen LogP contribution in [0.15, 0.2) is 54.6 Å². The fraction of sp³-hybridized carbons (Fsp3) is 0.480. The van der Waals surface area contributed by atoms with E-state index in [1.54, 1.807) is 0 Å². The van der Waals surface area contributed by atoms with Crippen LogP contribution >= 0.6 is 0 Å². The van der Waals surface area contributed by atoms with E-state index < -0.39 is 11.7 Å². The van der Waals surface area contributed by atoms with Crippen molar-refractivity contribution in [2.24, 2.45) is 17.8 Å². The number of amides is 1. The van der Waals surface area contributed by atoms with Gasteiger partial charge in [-0.15, -0.1) is 0 Å². The summed E-state index contributed by atoms with van der Waals surface area (Å²) < 4.78 is 44.7. The molecule has 1 N–H and O–H groups in total. The van der Waals surface area contributed by atoms with Crippen molar-refractivity contribution in [3.8, 4) is 5.75 Å². The number of carbonyl (C=O) groups excluding carboxylic acids is 1. The number of halogens is 3. The van der Waals surface area contributed by atoms with Gasteiger partial charge in [-0.1, -0.05) is 50.2 Å². The molecule has 0 radical (unpaired) electrons. The standard InChI is InChI=1S/C25H31F3N2O2/c1-18(2)13-29-24(31)21-11-20(15-30(16-21)14-19-7-4-3-5-8-19)17-32-23-10-6-9-22(12-23)25(26,27)28/h3-10,12,18,20-21H,11,13-17H2,1-2H3,(H,29,31)/t20-,21+/m0/s1. The lowest BCUT2D eigenvalue weighted by Gasteiger charge is -2.37. The second kappa shape index (κ2) is 10.9. The van der Waals surface area contributed by atoms with Gasteiger partial charge in [0.05, 0.1) is 18.1 Å². The molecule has 0 unspecified atom stereocenters. The van der Waals surface area contributed by atoms with Gasteiger partial charge in [-0.3, -0.25) is 9.69 Å². The summed E-state index contributed by atoms with van der Waals surface area (Å²) in [6, 6.07) is 15.0. The number of piperidine rings is 1. The van der Waals surface area contributed by atoms with E-state index in [0.717, 1.165) is 30.8 Å². The Labute approximate surface area is 187 Å². The summed E-state index contributed by atoms with van der Waals surface area (Å²) in [7, 11) is 0. The normalized spacial score (nSPS) is 19.7. The topological polar surface area (TPSA) is 41.6 Å². The highest BCUT2D eigenvalue weighted by molar-refractivity contribution is 5.79. The largest absolute Gasteiger partial charge is 0.493 e. The lowest BCUT2D eigenvalue weighted by molar-refractivity contribution is -0.137. The van der Waals surface area contributed by atoms with E-state index in [0.29, 0.717) is 25.4 Å². The van der Waals surface area contributed by atoms with Gasteiger partial charge < -0.3 is 10.1 Å². The SMILES string of the molecule is CC(C)CNC(=O)[C@@H]1C[C@H](COc2cccc(C(F)(F)F)c2)CN(Cc2ccccc2)C1. The fourth-order valence-corrected chi connectivity index (χ4v) is 4.01. The molecule has 2 aromatic carbocycles. The Morgan fingerprint density at radius 2 is 1.88 bits per heavy atom. The fourth-order valence-electron chi connectivity index (χ4n) is 4.01. The molecule has 1 aliphatic rings. The zero-order valence-corrected chi connectivity index (χ0v) is 18.6. The third kappa shape index (κ3) is 7.26. The minimum Gasteiger partial charge on any atom is -0.493 e. The Morgan fingerprint density at radius 3 is 2.56 bits per heavy atom. The third-order valence-corrected chi connectivity index (χ3v) is 5.56. The Balaban J connectivity index is 1.66. The second-order valence-corrected chi connectivity index (χ2v) is 8.95. The number of hydrogen-bond acceptors (Lipinski definition) is 3. The average molecular weight is 449 g/mol. The molecule has 1 saturated heterocycles. The highest BCUT2D eigenvalue weighted by atomic mass is 19.4. The summed E-state index contributed by atoms with van der Waals surface area (Å²) >= 11 is 0. The van der Waals surface area contributed by atoms with E-state index in [2.05, 4.69) is 36.2 Å². The zero-order chi connectivity index (χ0) is 23.1. The molecule has 4 nitrogen and oxygen atoms in total. The minimum absolute atomic E-state index is 0.0283. The number of likely N-dealkylation sites (tertiary alicyclic amines) is 1. The van der Waals surface area contributed by atoms with Crippen LogP contribution < -0.4 is 10.1 Å². The van der Waals surface area contributed by atoms with Crippen LogP contribution in [0.3, 0.4) is 0 Å². The number of rotatable bonds is 8. The molecule has 0 aromatic heterocycles. The predicted molar refractivity (Wildman–Crippen MR) is 118 cm³/mol. The zero-order valence-electron chi connectivity index (χ0n) is 18.6. The number of carbonyl (C=O) groups is 1. The number of nitrogens with one attached hydrogen (secondary N) is 1. The van der Waals surface area contributed by atoms with Gasteiger partial charge in [-0.25, -0.2) is 0 Å². The van der Waals surface area contributed by atoms with Crippen LogP contribution in [0.25, 0.3) is 0 Å². The summed E-state index contributed by atoms with van der Waals surface area (Å²) in [6.07, 6.45) is -3.76. The Morgan fingerprint density at radius 1 is 1.12 bits per heavy atom. The van der Waals surface area contributed by atoms with Crippen LogP contribution in [0.2, 0.25) is 0 Å². The Hall–Kier alpha value is -2.54. The Bertz CT molecular complexity index is 871. The summed E-state index contributed by atoms with van der Waals surface area (Å²) in [5, 5.41) is 3.02. The maximum atomic E-state index is 13.0. The second-order valence-electron chi connectivity index (χ2n) is 8.95. The predicted octanol–water partition coefficient (Wildman–Crippen LogP) is 4.99. The molecule has 1 fully saturated rings. The molecule has 0 spiro atoms. The summed E-state index contributed by atoms with van der Waals surface area (Å²) in [5.41, 5.74) is 0.434. The first kappa shape index (κ1) is 24.1. The van der Waals surface area contributed by atoms with Crippen LogP contribution in [0.5, 0.6) is 5.75 Å². The number of ether oxygens (including phenoxy) is 1. The van der Waals surface area contributed by atoms with E-state index in [-0.39, 0.29) is 30.1 Å². The first-order valence-electron chi connectivity index (χ1n) is 11.0. The van der Waals surface area contributed by atoms with Gasteiger partial charge in [0.25, 0.3) is 0 Å². The van der Waals surface area contributed by atoms with Crippen LogP contribution in [-0.4, -0.2) is 37.0 Å². The average Bonchev–Trinajstić information content (AvgIpc) is 2.76. The molecular formula is C25H31F3N2O2. The van der Waals surface area contributed by atoms with Crippen LogP contribution in [0, 0.1) is 17.8 Å². The number of benzene rings is 2. The smallest absolute Gasteiger partial charge is 0.416 e. The molecule has 1 heterocycles. The molecule has 1 aliphatic heterocycles. The molecule has 32 heavy (non-hydrogen) atoms. The van der Waals surface area contributed by atoms with Gasteiger partial charge in [0.15, 0.2) is 0 Å². The van der Waals surface area contributed by atoms with Gasteiger partial charge >= 0.3 is 6.18 Å². The Kier molecular flexibility index (Phi) is 8.18. The summed E-state index contributed by atoms with van der Waals surface area (Å²) in [6.45, 7) is 7.08. The van der Waals surface area contributed by atoms with Crippen molar-refractivity contribution in [3.63, 3.8) is 0 Å². The van der Waals surface area contributed by atoms with Crippen molar-refractivity contribution in [1.29, 1.82) is 0 Å². The summed E-state index contributed by atoms with van der Waals surface area (Å²) in [4.78, 5) is 15.0. The van der Waals surface area contributed by atoms with Gasteiger partial charge in [-0.05, 0) is 36.1 Å². The van der Waals surface area contributed by atoms with Gasteiger partial charge in [0.1, 0.15) is 5.75 Å². The van der Waals surface area contributed by atoms with Crippen molar-refractivity contribution in [3.05, 3.63) is 65.7 Å². The molecule has 0 bridgehead atoms. The number of alkyl halides is 3. The molecular weight excluding hydrogens is 417 g/mol. The molecule has 2 atom stereocenters. The van der Waals surface area contributed by atoms with E-state index in [1.807, 2.05) is 18.2 Å². The van der Waals surface area contributed by atoms with Gasteiger partial charge in [0, 0.05) is 32.1 Å². The third-order valence-electron chi connectivity index (χ3n) is 5.56. The lowest BCUT2D eigenvalue weighted by atomic mass is 9.88. The molecule has 3 rings (SSSR count). The highest BCUT2D eigenvalue weighted by Crippen LogP contribution is 2.32. The van der Waals surface area contributed by atoms with E-state index in [1.165, 1.54) is 12.1 Å². The van der Waals surface area contributed by atoms with Gasteiger partial charge in [-0.2, -0.15) is 13.2 Å². The maximum Gasteiger partial charge on any atom is 0.416 e. The quantitative estimate of drug-likeness (QED) is 0.618. The first-order valence-corrected chi connectivity index (χ1v) is 11.0. The molecule has 0 saturated carbocycles. The molecule has 0 aliphatic carbocycles. The number of hydrogen-bond donors (Lipinski definition) is 1.